The molecule has 0 unspecified atom stereocenters. The van der Waals surface area contributed by atoms with Crippen molar-refractivity contribution in [2.45, 2.75) is 6.92 Å². The van der Waals surface area contributed by atoms with Crippen LogP contribution in [-0.2, 0) is 0 Å². The second-order valence-corrected chi connectivity index (χ2v) is 4.01. The van der Waals surface area contributed by atoms with Gasteiger partial charge in [-0.1, -0.05) is 15.9 Å². The molecule has 72 valence electrons. The average Bonchev–Trinajstić information content (AvgIpc) is 2.07. The van der Waals surface area contributed by atoms with Crippen LogP contribution in [0.2, 0.25) is 0 Å². The van der Waals surface area contributed by atoms with Gasteiger partial charge in [0.1, 0.15) is 5.76 Å². The molecule has 0 atom stereocenters. The first kappa shape index (κ1) is 9.27. The number of nitrogen functional groups attached to an aromatic ring is 1. The van der Waals surface area contributed by atoms with Crippen molar-refractivity contribution >= 4 is 32.6 Å². The van der Waals surface area contributed by atoms with Gasteiger partial charge in [0.2, 0.25) is 0 Å². The fraction of sp³-hybridized carbons (Fsp3) is 0.100. The molecule has 0 radical (unpaired) electrons. The lowest BCUT2D eigenvalue weighted by Crippen LogP contribution is -2.02. The predicted molar refractivity (Wildman–Crippen MR) is 59.3 cm³/mol. The zero-order valence-corrected chi connectivity index (χ0v) is 9.09. The van der Waals surface area contributed by atoms with E-state index in [1.54, 1.807) is 19.1 Å². The van der Waals surface area contributed by atoms with Gasteiger partial charge in [0.15, 0.2) is 11.0 Å². The molecule has 1 aromatic carbocycles. The first-order valence-electron chi connectivity index (χ1n) is 4.07. The van der Waals surface area contributed by atoms with Crippen molar-refractivity contribution < 1.29 is 4.42 Å². The molecule has 0 spiro atoms. The Morgan fingerprint density at radius 2 is 2.07 bits per heavy atom. The SMILES string of the molecule is Cc1cc(=O)c2cc(Br)cc(N)c2o1. The van der Waals surface area contributed by atoms with Crippen LogP contribution in [0.1, 0.15) is 5.76 Å². The molecule has 14 heavy (non-hydrogen) atoms. The molecule has 3 nitrogen and oxygen atoms in total. The Morgan fingerprint density at radius 3 is 2.79 bits per heavy atom. The Morgan fingerprint density at radius 1 is 1.36 bits per heavy atom. The number of anilines is 1. The second-order valence-electron chi connectivity index (χ2n) is 3.09. The van der Waals surface area contributed by atoms with Crippen LogP contribution in [0.5, 0.6) is 0 Å². The van der Waals surface area contributed by atoms with Crippen LogP contribution in [0.4, 0.5) is 5.69 Å². The van der Waals surface area contributed by atoms with E-state index in [-0.39, 0.29) is 5.43 Å². The van der Waals surface area contributed by atoms with Crippen LogP contribution in [0.25, 0.3) is 11.0 Å². The van der Waals surface area contributed by atoms with E-state index in [0.717, 1.165) is 4.47 Å². The molecule has 0 amide bonds. The summed E-state index contributed by atoms with van der Waals surface area (Å²) in [6.07, 6.45) is 0. The van der Waals surface area contributed by atoms with Gasteiger partial charge in [0.25, 0.3) is 0 Å². The van der Waals surface area contributed by atoms with Crippen molar-refractivity contribution in [2.75, 3.05) is 5.73 Å². The van der Waals surface area contributed by atoms with Crippen molar-refractivity contribution in [3.8, 4) is 0 Å². The molecule has 0 bridgehead atoms. The molecule has 0 aliphatic heterocycles. The number of fused-ring (bicyclic) bond motifs is 1. The molecule has 1 heterocycles. The van der Waals surface area contributed by atoms with E-state index in [4.69, 9.17) is 10.2 Å². The largest absolute Gasteiger partial charge is 0.459 e. The minimum absolute atomic E-state index is 0.0725. The molecule has 2 N–H and O–H groups in total. The summed E-state index contributed by atoms with van der Waals surface area (Å²) in [5.74, 6) is 0.566. The Bertz CT molecular complexity index is 560. The summed E-state index contributed by atoms with van der Waals surface area (Å²) in [6, 6.07) is 4.87. The fourth-order valence-corrected chi connectivity index (χ4v) is 1.84. The smallest absolute Gasteiger partial charge is 0.193 e. The lowest BCUT2D eigenvalue weighted by molar-refractivity contribution is 0.566. The molecule has 0 saturated heterocycles. The standard InChI is InChI=1S/C10H8BrNO2/c1-5-2-9(13)7-3-6(11)4-8(12)10(7)14-5/h2-4H,12H2,1H3. The molecule has 4 heteroatoms. The topological polar surface area (TPSA) is 56.2 Å². The van der Waals surface area contributed by atoms with Gasteiger partial charge in [-0.05, 0) is 19.1 Å². The molecule has 2 rings (SSSR count). The van der Waals surface area contributed by atoms with Crippen LogP contribution in [-0.4, -0.2) is 0 Å². The maximum absolute atomic E-state index is 11.6. The number of halogens is 1. The molecule has 0 fully saturated rings. The maximum Gasteiger partial charge on any atom is 0.193 e. The van der Waals surface area contributed by atoms with E-state index in [0.29, 0.717) is 22.4 Å². The lowest BCUT2D eigenvalue weighted by Gasteiger charge is -2.02. The van der Waals surface area contributed by atoms with Crippen molar-refractivity contribution in [1.29, 1.82) is 0 Å². The number of hydrogen-bond acceptors (Lipinski definition) is 3. The van der Waals surface area contributed by atoms with Crippen LogP contribution >= 0.6 is 15.9 Å². The zero-order valence-electron chi connectivity index (χ0n) is 7.50. The van der Waals surface area contributed by atoms with Crippen molar-refractivity contribution in [3.63, 3.8) is 0 Å². The van der Waals surface area contributed by atoms with E-state index in [1.807, 2.05) is 0 Å². The molecule has 0 aliphatic carbocycles. The highest BCUT2D eigenvalue weighted by atomic mass is 79.9. The Labute approximate surface area is 88.7 Å². The highest BCUT2D eigenvalue weighted by Gasteiger charge is 2.06. The summed E-state index contributed by atoms with van der Waals surface area (Å²) in [5, 5.41) is 0.502. The predicted octanol–water partition coefficient (Wildman–Crippen LogP) is 2.45. The maximum atomic E-state index is 11.6. The van der Waals surface area contributed by atoms with E-state index in [9.17, 15) is 4.79 Å². The Kier molecular flexibility index (Phi) is 2.07. The summed E-state index contributed by atoms with van der Waals surface area (Å²) >= 11 is 3.28. The number of hydrogen-bond donors (Lipinski definition) is 1. The van der Waals surface area contributed by atoms with Crippen LogP contribution in [0.15, 0.2) is 31.9 Å². The van der Waals surface area contributed by atoms with Crippen LogP contribution in [0.3, 0.4) is 0 Å². The highest BCUT2D eigenvalue weighted by molar-refractivity contribution is 9.10. The van der Waals surface area contributed by atoms with Gasteiger partial charge in [-0.2, -0.15) is 0 Å². The molecular weight excluding hydrogens is 246 g/mol. The molecule has 1 aromatic heterocycles. The fourth-order valence-electron chi connectivity index (χ4n) is 1.36. The van der Waals surface area contributed by atoms with Crippen molar-refractivity contribution in [2.24, 2.45) is 0 Å². The lowest BCUT2D eigenvalue weighted by atomic mass is 10.2. The quantitative estimate of drug-likeness (QED) is 0.734. The first-order valence-corrected chi connectivity index (χ1v) is 4.87. The third-order valence-corrected chi connectivity index (χ3v) is 2.40. The summed E-state index contributed by atoms with van der Waals surface area (Å²) in [7, 11) is 0. The monoisotopic (exact) mass is 253 g/mol. The van der Waals surface area contributed by atoms with E-state index >= 15 is 0 Å². The van der Waals surface area contributed by atoms with Gasteiger partial charge >= 0.3 is 0 Å². The number of rotatable bonds is 0. The molecule has 2 aromatic rings. The second kappa shape index (κ2) is 3.13. The Hall–Kier alpha value is -1.29. The third kappa shape index (κ3) is 1.42. The molecule has 0 saturated carbocycles. The first-order chi connectivity index (χ1) is 6.58. The van der Waals surface area contributed by atoms with Gasteiger partial charge in [-0.15, -0.1) is 0 Å². The van der Waals surface area contributed by atoms with Crippen molar-refractivity contribution in [1.82, 2.24) is 0 Å². The number of aryl methyl sites for hydroxylation is 1. The normalized spacial score (nSPS) is 10.7. The highest BCUT2D eigenvalue weighted by Crippen LogP contribution is 2.24. The van der Waals surface area contributed by atoms with Crippen LogP contribution < -0.4 is 11.2 Å². The average molecular weight is 254 g/mol. The summed E-state index contributed by atoms with van der Waals surface area (Å²) in [4.78, 5) is 11.6. The van der Waals surface area contributed by atoms with Gasteiger partial charge < -0.3 is 10.2 Å². The number of benzene rings is 1. The summed E-state index contributed by atoms with van der Waals surface area (Å²) in [6.45, 7) is 1.72. The van der Waals surface area contributed by atoms with Gasteiger partial charge in [-0.25, -0.2) is 0 Å². The van der Waals surface area contributed by atoms with Crippen LogP contribution in [0, 0.1) is 6.92 Å². The third-order valence-electron chi connectivity index (χ3n) is 1.95. The van der Waals surface area contributed by atoms with Gasteiger partial charge in [0.05, 0.1) is 11.1 Å². The molecule has 0 aliphatic rings. The van der Waals surface area contributed by atoms with Gasteiger partial charge in [-0.3, -0.25) is 4.79 Å². The van der Waals surface area contributed by atoms with E-state index < -0.39 is 0 Å². The van der Waals surface area contributed by atoms with Gasteiger partial charge in [0, 0.05) is 10.5 Å². The minimum atomic E-state index is -0.0725. The van der Waals surface area contributed by atoms with E-state index in [1.165, 1.54) is 6.07 Å². The minimum Gasteiger partial charge on any atom is -0.459 e. The summed E-state index contributed by atoms with van der Waals surface area (Å²) in [5.41, 5.74) is 6.58. The molecular formula is C10H8BrNO2. The summed E-state index contributed by atoms with van der Waals surface area (Å²) < 4.78 is 6.16. The zero-order chi connectivity index (χ0) is 10.3. The van der Waals surface area contributed by atoms with E-state index in [2.05, 4.69) is 15.9 Å². The Balaban J connectivity index is 3.02. The number of nitrogens with two attached hydrogens (primary N) is 1. The van der Waals surface area contributed by atoms with Crippen molar-refractivity contribution in [3.05, 3.63) is 38.7 Å².